The number of halogens is 2. The van der Waals surface area contributed by atoms with Gasteiger partial charge in [-0.2, -0.15) is 0 Å². The zero-order valence-electron chi connectivity index (χ0n) is 12.4. The van der Waals surface area contributed by atoms with Gasteiger partial charge in [0.15, 0.2) is 0 Å². The predicted octanol–water partition coefficient (Wildman–Crippen LogP) is 1.61. The van der Waals surface area contributed by atoms with Gasteiger partial charge >= 0.3 is 5.97 Å². The fourth-order valence-corrected chi connectivity index (χ4v) is 2.46. The van der Waals surface area contributed by atoms with Gasteiger partial charge in [0.05, 0.1) is 12.5 Å². The first kappa shape index (κ1) is 18.4. The Hall–Kier alpha value is -1.66. The van der Waals surface area contributed by atoms with Gasteiger partial charge in [0.25, 0.3) is 0 Å². The molecule has 1 amide bonds. The van der Waals surface area contributed by atoms with Crippen molar-refractivity contribution in [3.63, 3.8) is 0 Å². The zero-order chi connectivity index (χ0) is 15.4. The number of carbonyl (C=O) groups excluding carboxylic acids is 1. The quantitative estimate of drug-likeness (QED) is 0.891. The van der Waals surface area contributed by atoms with Crippen LogP contribution in [0, 0.1) is 11.7 Å². The van der Waals surface area contributed by atoms with Crippen LogP contribution in [0.15, 0.2) is 24.3 Å². The zero-order valence-corrected chi connectivity index (χ0v) is 13.2. The molecular formula is C15H20ClFN2O3. The molecule has 0 radical (unpaired) electrons. The Morgan fingerprint density at radius 1 is 1.41 bits per heavy atom. The number of carboxylic acids is 1. The second kappa shape index (κ2) is 8.10. The molecule has 0 saturated carbocycles. The molecule has 0 spiro atoms. The molecule has 1 atom stereocenters. The number of nitrogens with zero attached hydrogens (tertiary/aromatic N) is 2. The third-order valence-corrected chi connectivity index (χ3v) is 3.77. The number of likely N-dealkylation sites (N-methyl/N-ethyl adjacent to an activating group) is 1. The van der Waals surface area contributed by atoms with Crippen LogP contribution in [0.5, 0.6) is 0 Å². The summed E-state index contributed by atoms with van der Waals surface area (Å²) >= 11 is 0. The van der Waals surface area contributed by atoms with E-state index >= 15 is 0 Å². The molecule has 1 aliphatic heterocycles. The van der Waals surface area contributed by atoms with Crippen LogP contribution in [0.25, 0.3) is 0 Å². The van der Waals surface area contributed by atoms with Crippen molar-refractivity contribution in [1.29, 1.82) is 0 Å². The van der Waals surface area contributed by atoms with Crippen LogP contribution < -0.4 is 0 Å². The molecular weight excluding hydrogens is 311 g/mol. The summed E-state index contributed by atoms with van der Waals surface area (Å²) in [7, 11) is 1.62. The van der Waals surface area contributed by atoms with E-state index in [1.807, 2.05) is 4.90 Å². The standard InChI is InChI=1S/C15H19FN2O3.ClH/c1-17(8-11-4-2-3-5-13(11)16)14(19)10-18-7-6-12(9-18)15(20)21;/h2-5,12H,6-10H2,1H3,(H,20,21);1H. The molecule has 1 unspecified atom stereocenters. The number of carbonyl (C=O) groups is 2. The van der Waals surface area contributed by atoms with Crippen molar-refractivity contribution in [2.75, 3.05) is 26.7 Å². The van der Waals surface area contributed by atoms with Crippen molar-refractivity contribution >= 4 is 24.3 Å². The highest BCUT2D eigenvalue weighted by Gasteiger charge is 2.29. The summed E-state index contributed by atoms with van der Waals surface area (Å²) in [6, 6.07) is 6.35. The van der Waals surface area contributed by atoms with Gasteiger partial charge in [-0.05, 0) is 19.0 Å². The Morgan fingerprint density at radius 3 is 2.68 bits per heavy atom. The molecule has 0 bridgehead atoms. The van der Waals surface area contributed by atoms with Crippen LogP contribution in [0.4, 0.5) is 4.39 Å². The Balaban J connectivity index is 0.00000242. The highest BCUT2D eigenvalue weighted by molar-refractivity contribution is 5.85. The summed E-state index contributed by atoms with van der Waals surface area (Å²) in [5.74, 6) is -1.67. The van der Waals surface area contributed by atoms with Crippen molar-refractivity contribution < 1.29 is 19.1 Å². The van der Waals surface area contributed by atoms with Gasteiger partial charge in [0.2, 0.25) is 5.91 Å². The molecule has 5 nitrogen and oxygen atoms in total. The molecule has 0 aromatic heterocycles. The second-order valence-electron chi connectivity index (χ2n) is 5.40. The molecule has 2 rings (SSSR count). The average Bonchev–Trinajstić information content (AvgIpc) is 2.90. The predicted molar refractivity (Wildman–Crippen MR) is 82.3 cm³/mol. The molecule has 122 valence electrons. The van der Waals surface area contributed by atoms with Crippen LogP contribution in [0.2, 0.25) is 0 Å². The summed E-state index contributed by atoms with van der Waals surface area (Å²) in [6.07, 6.45) is 0.569. The van der Waals surface area contributed by atoms with E-state index in [-0.39, 0.29) is 37.2 Å². The van der Waals surface area contributed by atoms with Crippen LogP contribution in [-0.4, -0.2) is 53.5 Å². The molecule has 1 aromatic carbocycles. The van der Waals surface area contributed by atoms with Gasteiger partial charge in [0, 0.05) is 25.7 Å². The number of likely N-dealkylation sites (tertiary alicyclic amines) is 1. The highest BCUT2D eigenvalue weighted by atomic mass is 35.5. The van der Waals surface area contributed by atoms with E-state index in [1.165, 1.54) is 11.0 Å². The Bertz CT molecular complexity index is 541. The lowest BCUT2D eigenvalue weighted by Gasteiger charge is -2.21. The lowest BCUT2D eigenvalue weighted by molar-refractivity contribution is -0.141. The van der Waals surface area contributed by atoms with E-state index in [4.69, 9.17) is 5.11 Å². The van der Waals surface area contributed by atoms with E-state index < -0.39 is 11.9 Å². The van der Waals surface area contributed by atoms with Crippen molar-refractivity contribution in [2.45, 2.75) is 13.0 Å². The minimum Gasteiger partial charge on any atom is -0.481 e. The number of rotatable bonds is 5. The van der Waals surface area contributed by atoms with Crippen molar-refractivity contribution in [3.8, 4) is 0 Å². The van der Waals surface area contributed by atoms with Crippen LogP contribution in [-0.2, 0) is 16.1 Å². The first-order chi connectivity index (χ1) is 9.97. The average molecular weight is 331 g/mol. The first-order valence-corrected chi connectivity index (χ1v) is 6.90. The number of benzene rings is 1. The lowest BCUT2D eigenvalue weighted by Crippen LogP contribution is -2.37. The molecule has 0 aliphatic carbocycles. The van der Waals surface area contributed by atoms with Crippen molar-refractivity contribution in [2.24, 2.45) is 5.92 Å². The Kier molecular flexibility index (Phi) is 6.77. The SMILES string of the molecule is CN(Cc1ccccc1F)C(=O)CN1CCC(C(=O)O)C1.Cl. The largest absolute Gasteiger partial charge is 0.481 e. The molecule has 1 heterocycles. The molecule has 1 fully saturated rings. The topological polar surface area (TPSA) is 60.9 Å². The number of carboxylic acid groups (broad SMARTS) is 1. The van der Waals surface area contributed by atoms with E-state index in [0.29, 0.717) is 25.1 Å². The third kappa shape index (κ3) is 4.68. The number of hydrogen-bond acceptors (Lipinski definition) is 3. The fraction of sp³-hybridized carbons (Fsp3) is 0.467. The molecule has 22 heavy (non-hydrogen) atoms. The maximum absolute atomic E-state index is 13.5. The van der Waals surface area contributed by atoms with Gasteiger partial charge in [-0.25, -0.2) is 4.39 Å². The van der Waals surface area contributed by atoms with Crippen molar-refractivity contribution in [1.82, 2.24) is 9.80 Å². The Labute approximate surface area is 135 Å². The summed E-state index contributed by atoms with van der Waals surface area (Å²) < 4.78 is 13.5. The normalized spacial score (nSPS) is 17.8. The maximum atomic E-state index is 13.5. The summed E-state index contributed by atoms with van der Waals surface area (Å²) in [4.78, 5) is 26.3. The van der Waals surface area contributed by atoms with Crippen LogP contribution in [0.1, 0.15) is 12.0 Å². The molecule has 1 N–H and O–H groups in total. The monoisotopic (exact) mass is 330 g/mol. The number of aliphatic carboxylic acids is 1. The van der Waals surface area contributed by atoms with Crippen molar-refractivity contribution in [3.05, 3.63) is 35.6 Å². The summed E-state index contributed by atoms with van der Waals surface area (Å²) in [5.41, 5.74) is 0.471. The van der Waals surface area contributed by atoms with Gasteiger partial charge in [-0.15, -0.1) is 12.4 Å². The minimum absolute atomic E-state index is 0. The maximum Gasteiger partial charge on any atom is 0.307 e. The van der Waals surface area contributed by atoms with Crippen LogP contribution >= 0.6 is 12.4 Å². The lowest BCUT2D eigenvalue weighted by atomic mass is 10.1. The number of hydrogen-bond donors (Lipinski definition) is 1. The molecule has 1 saturated heterocycles. The fourth-order valence-electron chi connectivity index (χ4n) is 2.46. The molecule has 1 aromatic rings. The third-order valence-electron chi connectivity index (χ3n) is 3.77. The van der Waals surface area contributed by atoms with E-state index in [0.717, 1.165) is 0 Å². The van der Waals surface area contributed by atoms with Crippen LogP contribution in [0.3, 0.4) is 0 Å². The first-order valence-electron chi connectivity index (χ1n) is 6.90. The van der Waals surface area contributed by atoms with E-state index in [2.05, 4.69) is 0 Å². The summed E-state index contributed by atoms with van der Waals surface area (Å²) in [5, 5.41) is 8.94. The second-order valence-corrected chi connectivity index (χ2v) is 5.40. The van der Waals surface area contributed by atoms with Gasteiger partial charge < -0.3 is 10.0 Å². The smallest absolute Gasteiger partial charge is 0.307 e. The van der Waals surface area contributed by atoms with Gasteiger partial charge in [0.1, 0.15) is 5.82 Å². The van der Waals surface area contributed by atoms with E-state index in [9.17, 15) is 14.0 Å². The Morgan fingerprint density at radius 2 is 2.09 bits per heavy atom. The van der Waals surface area contributed by atoms with E-state index in [1.54, 1.807) is 25.2 Å². The molecule has 1 aliphatic rings. The summed E-state index contributed by atoms with van der Waals surface area (Å²) in [6.45, 7) is 1.39. The van der Waals surface area contributed by atoms with Gasteiger partial charge in [-0.3, -0.25) is 14.5 Å². The molecule has 7 heteroatoms. The minimum atomic E-state index is -0.815. The number of amides is 1. The highest BCUT2D eigenvalue weighted by Crippen LogP contribution is 2.16. The van der Waals surface area contributed by atoms with Gasteiger partial charge in [-0.1, -0.05) is 18.2 Å².